The quantitative estimate of drug-likeness (QED) is 0.121. The Hall–Kier alpha value is -0.770. The third-order valence-corrected chi connectivity index (χ3v) is 9.37. The number of carbonyl (C=O) groups excluding carboxylic acids is 1. The molecule has 0 heterocycles. The molecule has 0 aromatic rings. The van der Waals surface area contributed by atoms with Crippen LogP contribution in [0.3, 0.4) is 0 Å². The van der Waals surface area contributed by atoms with Crippen molar-refractivity contribution in [1.29, 1.82) is 5.26 Å². The van der Waals surface area contributed by atoms with Gasteiger partial charge in [-0.1, -0.05) is 33.6 Å². The monoisotopic (exact) mass is 514 g/mol. The Labute approximate surface area is 216 Å². The third kappa shape index (κ3) is 11.9. The molecule has 1 rings (SSSR count). The van der Waals surface area contributed by atoms with Gasteiger partial charge in [0.1, 0.15) is 0 Å². The van der Waals surface area contributed by atoms with Gasteiger partial charge in [0, 0.05) is 25.6 Å². The molecule has 8 heteroatoms. The number of hydrogen-bond acceptors (Lipinski definition) is 7. The van der Waals surface area contributed by atoms with Gasteiger partial charge in [-0.2, -0.15) is 5.26 Å². The summed E-state index contributed by atoms with van der Waals surface area (Å²) in [5.41, 5.74) is 0. The average molecular weight is 515 g/mol. The standard InChI is InChI=1S/C27H51N2O5P/c1-20(2)29(21(3)4)35(34-17-13-14-28)33-16-12-10-9-11-15-31-27-18-26(19-32-25(8)30)23(6)22(5)24(27)7/h20-24,26-27H,9-13,15-19H2,1-8H3/t22-,23+,24?,26?,27+,35?/m0/s1. The van der Waals surface area contributed by atoms with Gasteiger partial charge in [0.2, 0.25) is 0 Å². The van der Waals surface area contributed by atoms with E-state index >= 15 is 0 Å². The van der Waals surface area contributed by atoms with E-state index in [4.69, 9.17) is 23.8 Å². The summed E-state index contributed by atoms with van der Waals surface area (Å²) >= 11 is 0. The van der Waals surface area contributed by atoms with E-state index in [0.717, 1.165) is 38.7 Å². The van der Waals surface area contributed by atoms with Crippen molar-refractivity contribution in [3.8, 4) is 6.07 Å². The van der Waals surface area contributed by atoms with Gasteiger partial charge < -0.3 is 18.5 Å². The van der Waals surface area contributed by atoms with Gasteiger partial charge in [-0.15, -0.1) is 0 Å². The van der Waals surface area contributed by atoms with Gasteiger partial charge in [-0.05, 0) is 70.6 Å². The number of esters is 1. The minimum atomic E-state index is -1.15. The van der Waals surface area contributed by atoms with E-state index in [2.05, 4.69) is 59.2 Å². The number of nitrogens with zero attached hydrogens (tertiary/aromatic N) is 2. The summed E-state index contributed by atoms with van der Waals surface area (Å²) in [5, 5.41) is 8.83. The van der Waals surface area contributed by atoms with Gasteiger partial charge in [0.05, 0.1) is 38.4 Å². The lowest BCUT2D eigenvalue weighted by Crippen LogP contribution is -2.42. The Balaban J connectivity index is 2.34. The molecule has 0 radical (unpaired) electrons. The highest BCUT2D eigenvalue weighted by Gasteiger charge is 2.39. The van der Waals surface area contributed by atoms with Crippen LogP contribution < -0.4 is 0 Å². The van der Waals surface area contributed by atoms with Crippen LogP contribution in [-0.4, -0.2) is 55.3 Å². The summed E-state index contributed by atoms with van der Waals surface area (Å²) in [6.45, 7) is 19.3. The van der Waals surface area contributed by atoms with Gasteiger partial charge in [0.15, 0.2) is 0 Å². The minimum Gasteiger partial charge on any atom is -0.466 e. The Morgan fingerprint density at radius 2 is 1.54 bits per heavy atom. The van der Waals surface area contributed by atoms with Crippen LogP contribution >= 0.6 is 8.53 Å². The molecule has 1 aliphatic rings. The zero-order valence-electron chi connectivity index (χ0n) is 23.5. The Bertz CT molecular complexity index is 619. The normalized spacial score (nSPS) is 25.7. The largest absolute Gasteiger partial charge is 0.466 e. The molecular formula is C27H51N2O5P. The summed E-state index contributed by atoms with van der Waals surface area (Å²) in [5.74, 6) is 1.76. The average Bonchev–Trinajstić information content (AvgIpc) is 2.79. The Kier molecular flexibility index (Phi) is 16.3. The summed E-state index contributed by atoms with van der Waals surface area (Å²) < 4.78 is 26.0. The van der Waals surface area contributed by atoms with Crippen molar-refractivity contribution in [2.75, 3.05) is 26.4 Å². The van der Waals surface area contributed by atoms with Crippen LogP contribution in [-0.2, 0) is 23.3 Å². The van der Waals surface area contributed by atoms with Crippen LogP contribution in [0.1, 0.15) is 93.9 Å². The maximum absolute atomic E-state index is 11.2. The van der Waals surface area contributed by atoms with Crippen LogP contribution in [0.15, 0.2) is 0 Å². The molecule has 0 bridgehead atoms. The van der Waals surface area contributed by atoms with Crippen molar-refractivity contribution in [2.24, 2.45) is 23.7 Å². The van der Waals surface area contributed by atoms with Gasteiger partial charge in [-0.3, -0.25) is 4.79 Å². The van der Waals surface area contributed by atoms with Crippen molar-refractivity contribution in [2.45, 2.75) is 112 Å². The van der Waals surface area contributed by atoms with E-state index in [1.807, 2.05) is 0 Å². The fourth-order valence-corrected chi connectivity index (χ4v) is 6.52. The molecule has 1 fully saturated rings. The molecule has 1 saturated carbocycles. The van der Waals surface area contributed by atoms with E-state index in [-0.39, 0.29) is 12.1 Å². The molecule has 35 heavy (non-hydrogen) atoms. The zero-order valence-corrected chi connectivity index (χ0v) is 24.4. The highest BCUT2D eigenvalue weighted by molar-refractivity contribution is 7.44. The summed E-state index contributed by atoms with van der Waals surface area (Å²) in [6.07, 6.45) is 5.81. The lowest BCUT2D eigenvalue weighted by atomic mass is 9.67. The molecule has 0 aromatic heterocycles. The van der Waals surface area contributed by atoms with Crippen molar-refractivity contribution >= 4 is 14.5 Å². The third-order valence-electron chi connectivity index (χ3n) is 7.26. The predicted molar refractivity (Wildman–Crippen MR) is 142 cm³/mol. The van der Waals surface area contributed by atoms with Crippen molar-refractivity contribution in [3.63, 3.8) is 0 Å². The molecule has 0 aliphatic heterocycles. The van der Waals surface area contributed by atoms with Gasteiger partial charge >= 0.3 is 5.97 Å². The summed E-state index contributed by atoms with van der Waals surface area (Å²) in [6, 6.07) is 2.78. The number of rotatable bonds is 17. The molecule has 204 valence electrons. The lowest BCUT2D eigenvalue weighted by Gasteiger charge is -2.43. The van der Waals surface area contributed by atoms with Crippen LogP contribution in [0.25, 0.3) is 0 Å². The van der Waals surface area contributed by atoms with E-state index in [9.17, 15) is 4.79 Å². The number of ether oxygens (including phenoxy) is 2. The summed E-state index contributed by atoms with van der Waals surface area (Å²) in [7, 11) is -1.15. The van der Waals surface area contributed by atoms with Crippen LogP contribution in [0.4, 0.5) is 0 Å². The fraction of sp³-hybridized carbons (Fsp3) is 0.926. The van der Waals surface area contributed by atoms with Crippen LogP contribution in [0.5, 0.6) is 0 Å². The first kappa shape index (κ1) is 32.3. The van der Waals surface area contributed by atoms with E-state index < -0.39 is 8.53 Å². The van der Waals surface area contributed by atoms with Gasteiger partial charge in [-0.25, -0.2) is 4.67 Å². The number of unbranched alkanes of at least 4 members (excludes halogenated alkanes) is 3. The van der Waals surface area contributed by atoms with Crippen molar-refractivity contribution < 1.29 is 23.3 Å². The first-order valence-electron chi connectivity index (χ1n) is 13.6. The maximum atomic E-state index is 11.2. The molecule has 0 amide bonds. The second-order valence-electron chi connectivity index (χ2n) is 10.6. The maximum Gasteiger partial charge on any atom is 0.302 e. The smallest absolute Gasteiger partial charge is 0.302 e. The number of hydrogen-bond donors (Lipinski definition) is 0. The number of carbonyl (C=O) groups is 1. The molecule has 7 nitrogen and oxygen atoms in total. The first-order valence-corrected chi connectivity index (χ1v) is 14.7. The topological polar surface area (TPSA) is 81.0 Å². The van der Waals surface area contributed by atoms with E-state index in [1.54, 1.807) is 0 Å². The first-order chi connectivity index (χ1) is 16.6. The van der Waals surface area contributed by atoms with Crippen LogP contribution in [0, 0.1) is 35.0 Å². The molecule has 0 spiro atoms. The molecule has 1 aliphatic carbocycles. The van der Waals surface area contributed by atoms with Crippen LogP contribution in [0.2, 0.25) is 0 Å². The highest BCUT2D eigenvalue weighted by atomic mass is 31.2. The Morgan fingerprint density at radius 1 is 0.943 bits per heavy atom. The fourth-order valence-electron chi connectivity index (χ4n) is 4.89. The highest BCUT2D eigenvalue weighted by Crippen LogP contribution is 2.46. The number of nitriles is 1. The molecule has 0 N–H and O–H groups in total. The second kappa shape index (κ2) is 17.6. The van der Waals surface area contributed by atoms with Crippen molar-refractivity contribution in [1.82, 2.24) is 4.67 Å². The minimum absolute atomic E-state index is 0.202. The molecular weight excluding hydrogens is 463 g/mol. The summed E-state index contributed by atoms with van der Waals surface area (Å²) in [4.78, 5) is 11.2. The van der Waals surface area contributed by atoms with Crippen molar-refractivity contribution in [3.05, 3.63) is 0 Å². The van der Waals surface area contributed by atoms with Gasteiger partial charge in [0.25, 0.3) is 8.53 Å². The molecule has 3 unspecified atom stereocenters. The lowest BCUT2D eigenvalue weighted by molar-refractivity contribution is -0.146. The predicted octanol–water partition coefficient (Wildman–Crippen LogP) is 6.72. The second-order valence-corrected chi connectivity index (χ2v) is 12.0. The molecule has 0 aromatic carbocycles. The van der Waals surface area contributed by atoms with E-state index in [0.29, 0.717) is 62.0 Å². The molecule has 0 saturated heterocycles. The zero-order chi connectivity index (χ0) is 26.4. The SMILES string of the molecule is CC(=O)OCC1C[C@@H](OCCCCCCOP(OCCC#N)N(C(C)C)C(C)C)C(C)[C@@H](C)[C@H]1C. The van der Waals surface area contributed by atoms with E-state index in [1.165, 1.54) is 6.92 Å². The Morgan fingerprint density at radius 3 is 2.11 bits per heavy atom. The molecule has 6 atom stereocenters.